The average Bonchev–Trinajstić information content (AvgIpc) is 2.52. The van der Waals surface area contributed by atoms with Gasteiger partial charge >= 0.3 is 23.9 Å². The Morgan fingerprint density at radius 1 is 0.828 bits per heavy atom. The first kappa shape index (κ1) is 23.8. The van der Waals surface area contributed by atoms with Crippen LogP contribution in [0.5, 0.6) is 0 Å². The van der Waals surface area contributed by atoms with E-state index in [0.29, 0.717) is 12.1 Å². The van der Waals surface area contributed by atoms with Crippen LogP contribution in [0.4, 0.5) is 43.9 Å². The summed E-state index contributed by atoms with van der Waals surface area (Å²) in [7, 11) is 0. The van der Waals surface area contributed by atoms with Crippen LogP contribution in [0.2, 0.25) is 5.02 Å². The molecule has 0 aliphatic carbocycles. The van der Waals surface area contributed by atoms with Gasteiger partial charge in [0.25, 0.3) is 0 Å². The highest BCUT2D eigenvalue weighted by atomic mass is 79.9. The van der Waals surface area contributed by atoms with E-state index in [4.69, 9.17) is 11.6 Å². The van der Waals surface area contributed by atoms with Crippen LogP contribution in [0.3, 0.4) is 0 Å². The van der Waals surface area contributed by atoms with Gasteiger partial charge < -0.3 is 0 Å². The summed E-state index contributed by atoms with van der Waals surface area (Å²) in [6.07, 6.45) is -13.6. The quantitative estimate of drug-likeness (QED) is 0.361. The Balaban J connectivity index is 3.04. The summed E-state index contributed by atoms with van der Waals surface area (Å²) in [6.45, 7) is 1.06. The van der Waals surface area contributed by atoms with Crippen molar-refractivity contribution in [3.8, 4) is 11.1 Å². The van der Waals surface area contributed by atoms with Gasteiger partial charge in [0.2, 0.25) is 0 Å². The summed E-state index contributed by atoms with van der Waals surface area (Å²) in [5.41, 5.74) is -10.0. The minimum absolute atomic E-state index is 0.215. The molecular weight excluding hydrogens is 510 g/mol. The zero-order chi connectivity index (χ0) is 22.6. The molecule has 160 valence electrons. The first-order valence-corrected chi connectivity index (χ1v) is 8.58. The molecule has 0 fully saturated rings. The monoisotopic (exact) mass is 516 g/mol. The summed E-state index contributed by atoms with van der Waals surface area (Å²) in [5.74, 6) is -7.82. The molecule has 0 nitrogen and oxygen atoms in total. The van der Waals surface area contributed by atoms with E-state index >= 15 is 4.39 Å². The summed E-state index contributed by atoms with van der Waals surface area (Å²) in [4.78, 5) is 0. The second kappa shape index (κ2) is 7.33. The maximum absolute atomic E-state index is 15.1. The lowest BCUT2D eigenvalue weighted by Gasteiger charge is -2.37. The Hall–Kier alpha value is -1.49. The first-order chi connectivity index (χ1) is 12.9. The van der Waals surface area contributed by atoms with Crippen molar-refractivity contribution < 1.29 is 43.9 Å². The number of hydrogen-bond acceptors (Lipinski definition) is 0. The molecular formula is C17H8BrClF10. The SMILES string of the molecule is Cc1cc(Br)c(-c2ccc(F)cc2Cl)c(C(F)(C(F)(F)F)C(F)(F)C(F)(F)F)c1. The fraction of sp³-hybridized carbons (Fsp3) is 0.294. The van der Waals surface area contributed by atoms with E-state index in [1.54, 1.807) is 0 Å². The van der Waals surface area contributed by atoms with Gasteiger partial charge in [-0.15, -0.1) is 0 Å². The molecule has 0 spiro atoms. The van der Waals surface area contributed by atoms with E-state index in [1.165, 1.54) is 0 Å². The molecule has 0 saturated carbocycles. The van der Waals surface area contributed by atoms with Crippen LogP contribution >= 0.6 is 27.5 Å². The average molecular weight is 518 g/mol. The summed E-state index contributed by atoms with van der Waals surface area (Å²) < 4.78 is 135. The van der Waals surface area contributed by atoms with Gasteiger partial charge in [0.1, 0.15) is 5.82 Å². The van der Waals surface area contributed by atoms with Gasteiger partial charge in [-0.3, -0.25) is 0 Å². The second-order valence-electron chi connectivity index (χ2n) is 6.02. The molecule has 0 saturated heterocycles. The summed E-state index contributed by atoms with van der Waals surface area (Å²) in [6, 6.07) is 3.27. The van der Waals surface area contributed by atoms with Gasteiger partial charge in [-0.25, -0.2) is 8.78 Å². The van der Waals surface area contributed by atoms with Crippen molar-refractivity contribution in [1.29, 1.82) is 0 Å². The molecule has 1 atom stereocenters. The van der Waals surface area contributed by atoms with Gasteiger partial charge in [0.15, 0.2) is 0 Å². The maximum atomic E-state index is 15.1. The lowest BCUT2D eigenvalue weighted by atomic mass is 9.82. The molecule has 12 heteroatoms. The van der Waals surface area contributed by atoms with Crippen molar-refractivity contribution >= 4 is 27.5 Å². The van der Waals surface area contributed by atoms with Crippen LogP contribution in [0.25, 0.3) is 11.1 Å². The van der Waals surface area contributed by atoms with Crippen molar-refractivity contribution in [3.05, 3.63) is 56.8 Å². The predicted molar refractivity (Wildman–Crippen MR) is 89.1 cm³/mol. The normalized spacial score (nSPS) is 15.3. The molecule has 0 bridgehead atoms. The van der Waals surface area contributed by atoms with E-state index in [-0.39, 0.29) is 11.6 Å². The second-order valence-corrected chi connectivity index (χ2v) is 7.28. The third kappa shape index (κ3) is 3.83. The summed E-state index contributed by atoms with van der Waals surface area (Å²) >= 11 is 8.49. The number of benzene rings is 2. The van der Waals surface area contributed by atoms with Crippen LogP contribution in [-0.4, -0.2) is 18.3 Å². The standard InChI is InChI=1S/C17H8BrClF10/c1-7-4-10(14(21,16(24,25)26)15(22,23)17(27,28)29)13(11(18)5-7)9-3-2-8(20)6-12(9)19/h2-6H,1H3. The molecule has 2 aromatic rings. The number of aryl methyl sites for hydroxylation is 1. The highest BCUT2D eigenvalue weighted by molar-refractivity contribution is 9.10. The Morgan fingerprint density at radius 2 is 1.38 bits per heavy atom. The highest BCUT2D eigenvalue weighted by Gasteiger charge is 2.82. The van der Waals surface area contributed by atoms with Gasteiger partial charge in [-0.05, 0) is 36.8 Å². The lowest BCUT2D eigenvalue weighted by molar-refractivity contribution is -0.389. The molecule has 1 unspecified atom stereocenters. The molecule has 0 aromatic heterocycles. The van der Waals surface area contributed by atoms with Crippen LogP contribution in [0, 0.1) is 12.7 Å². The predicted octanol–water partition coefficient (Wildman–Crippen LogP) is 8.14. The number of alkyl halides is 9. The minimum Gasteiger partial charge on any atom is -0.221 e. The molecule has 0 aliphatic heterocycles. The van der Waals surface area contributed by atoms with E-state index in [9.17, 15) is 39.5 Å². The van der Waals surface area contributed by atoms with Crippen molar-refractivity contribution in [3.63, 3.8) is 0 Å². The summed E-state index contributed by atoms with van der Waals surface area (Å²) in [5, 5.41) is -0.629. The first-order valence-electron chi connectivity index (χ1n) is 7.41. The Morgan fingerprint density at radius 3 is 1.83 bits per heavy atom. The van der Waals surface area contributed by atoms with Gasteiger partial charge in [0, 0.05) is 21.2 Å². The van der Waals surface area contributed by atoms with E-state index in [0.717, 1.165) is 19.1 Å². The molecule has 0 heterocycles. The van der Waals surface area contributed by atoms with Gasteiger partial charge in [-0.1, -0.05) is 33.6 Å². The minimum atomic E-state index is -6.88. The molecule has 2 aromatic carbocycles. The Bertz CT molecular complexity index is 935. The molecule has 0 N–H and O–H groups in total. The van der Waals surface area contributed by atoms with Gasteiger partial charge in [0.05, 0.1) is 5.02 Å². The highest BCUT2D eigenvalue weighted by Crippen LogP contribution is 2.60. The number of halogens is 12. The third-order valence-corrected chi connectivity index (χ3v) is 4.92. The number of rotatable bonds is 3. The largest absolute Gasteiger partial charge is 0.457 e. The van der Waals surface area contributed by atoms with Crippen molar-refractivity contribution in [1.82, 2.24) is 0 Å². The van der Waals surface area contributed by atoms with Crippen molar-refractivity contribution in [2.75, 3.05) is 0 Å². The Labute approximate surface area is 170 Å². The maximum Gasteiger partial charge on any atom is 0.457 e. The van der Waals surface area contributed by atoms with Gasteiger partial charge in [-0.2, -0.15) is 35.1 Å². The van der Waals surface area contributed by atoms with E-state index in [2.05, 4.69) is 15.9 Å². The topological polar surface area (TPSA) is 0 Å². The van der Waals surface area contributed by atoms with E-state index < -0.39 is 55.9 Å². The molecule has 0 radical (unpaired) electrons. The fourth-order valence-electron chi connectivity index (χ4n) is 2.68. The molecule has 0 aliphatic rings. The van der Waals surface area contributed by atoms with Crippen LogP contribution in [0.15, 0.2) is 34.8 Å². The zero-order valence-electron chi connectivity index (χ0n) is 13.9. The molecule has 0 amide bonds. The van der Waals surface area contributed by atoms with Crippen LogP contribution in [-0.2, 0) is 5.67 Å². The van der Waals surface area contributed by atoms with Crippen molar-refractivity contribution in [2.45, 2.75) is 30.9 Å². The third-order valence-electron chi connectivity index (χ3n) is 3.99. The molecule has 29 heavy (non-hydrogen) atoms. The Kier molecular flexibility index (Phi) is 6.01. The van der Waals surface area contributed by atoms with Crippen LogP contribution in [0.1, 0.15) is 11.1 Å². The lowest BCUT2D eigenvalue weighted by Crippen LogP contribution is -2.60. The van der Waals surface area contributed by atoms with E-state index in [1.807, 2.05) is 0 Å². The van der Waals surface area contributed by atoms with Crippen molar-refractivity contribution in [2.24, 2.45) is 0 Å². The zero-order valence-corrected chi connectivity index (χ0v) is 16.3. The number of hydrogen-bond donors (Lipinski definition) is 0. The smallest absolute Gasteiger partial charge is 0.221 e. The van der Waals surface area contributed by atoms with Crippen LogP contribution < -0.4 is 0 Å². The molecule has 2 rings (SSSR count). The fourth-order valence-corrected chi connectivity index (χ4v) is 3.72.